The Labute approximate surface area is 181 Å². The number of carbonyl (C=O) groups is 1. The SMILES string of the molecule is CC(=O)NN1CSc2nc(-c3cnc(Cl)c(NS(=O)(=O)c4ccccc4)c3)ncc21. The summed E-state index contributed by atoms with van der Waals surface area (Å²) in [5, 5.41) is 2.35. The number of benzene rings is 1. The highest BCUT2D eigenvalue weighted by atomic mass is 35.5. The van der Waals surface area contributed by atoms with Gasteiger partial charge in [0.15, 0.2) is 11.0 Å². The fourth-order valence-corrected chi connectivity index (χ4v) is 4.92. The number of aromatic nitrogens is 3. The zero-order valence-electron chi connectivity index (χ0n) is 15.5. The number of hydrogen-bond acceptors (Lipinski definition) is 8. The molecular formula is C18H15ClN6O3S2. The number of hydrogen-bond donors (Lipinski definition) is 2. The Hall–Kier alpha value is -2.89. The third kappa shape index (κ3) is 4.18. The van der Waals surface area contributed by atoms with Crippen molar-refractivity contribution in [3.05, 3.63) is 53.9 Å². The average Bonchev–Trinajstić information content (AvgIpc) is 3.11. The highest BCUT2D eigenvalue weighted by Gasteiger charge is 2.24. The minimum absolute atomic E-state index is 0.00521. The molecule has 0 radical (unpaired) electrons. The molecule has 3 aromatic rings. The number of amides is 1. The molecule has 4 rings (SSSR count). The number of hydrazine groups is 1. The van der Waals surface area contributed by atoms with Crippen LogP contribution in [-0.2, 0) is 14.8 Å². The Kier molecular flexibility index (Phi) is 5.50. The smallest absolute Gasteiger partial charge is 0.261 e. The molecule has 154 valence electrons. The molecule has 0 saturated heterocycles. The molecule has 0 bridgehead atoms. The Morgan fingerprint density at radius 1 is 1.20 bits per heavy atom. The van der Waals surface area contributed by atoms with Crippen LogP contribution in [0.15, 0.2) is 58.7 Å². The molecule has 30 heavy (non-hydrogen) atoms. The number of sulfonamides is 1. The van der Waals surface area contributed by atoms with Crippen molar-refractivity contribution in [1.82, 2.24) is 20.4 Å². The van der Waals surface area contributed by atoms with Crippen LogP contribution in [-0.4, -0.2) is 35.2 Å². The molecule has 9 nitrogen and oxygen atoms in total. The first-order valence-corrected chi connectivity index (χ1v) is 11.5. The van der Waals surface area contributed by atoms with Gasteiger partial charge in [-0.3, -0.25) is 20.0 Å². The first kappa shape index (κ1) is 20.4. The molecule has 1 aromatic carbocycles. The predicted octanol–water partition coefficient (Wildman–Crippen LogP) is 2.91. The van der Waals surface area contributed by atoms with E-state index in [2.05, 4.69) is 25.1 Å². The van der Waals surface area contributed by atoms with Gasteiger partial charge in [-0.25, -0.2) is 23.4 Å². The first-order valence-electron chi connectivity index (χ1n) is 8.62. The fourth-order valence-electron chi connectivity index (χ4n) is 2.71. The van der Waals surface area contributed by atoms with E-state index in [9.17, 15) is 13.2 Å². The first-order chi connectivity index (χ1) is 14.3. The van der Waals surface area contributed by atoms with Crippen molar-refractivity contribution in [1.29, 1.82) is 0 Å². The molecule has 0 saturated carbocycles. The van der Waals surface area contributed by atoms with E-state index in [4.69, 9.17) is 11.6 Å². The molecule has 2 aromatic heterocycles. The standard InChI is InChI=1S/C18H15ClN6O3S2/c1-11(26)23-25-10-29-18-15(25)9-21-17(22-18)12-7-14(16(19)20-8-12)24-30(27,28)13-5-3-2-4-6-13/h2-9,24H,10H2,1H3,(H,23,26). The van der Waals surface area contributed by atoms with Gasteiger partial charge >= 0.3 is 0 Å². The molecule has 2 N–H and O–H groups in total. The van der Waals surface area contributed by atoms with Gasteiger partial charge in [-0.15, -0.1) is 0 Å². The van der Waals surface area contributed by atoms with Gasteiger partial charge in [0.1, 0.15) is 10.7 Å². The van der Waals surface area contributed by atoms with E-state index in [0.717, 1.165) is 0 Å². The summed E-state index contributed by atoms with van der Waals surface area (Å²) >= 11 is 7.55. The van der Waals surface area contributed by atoms with Crippen molar-refractivity contribution in [2.45, 2.75) is 16.8 Å². The lowest BCUT2D eigenvalue weighted by molar-refractivity contribution is -0.119. The molecule has 1 amide bonds. The van der Waals surface area contributed by atoms with Crippen LogP contribution < -0.4 is 15.2 Å². The van der Waals surface area contributed by atoms with Gasteiger partial charge < -0.3 is 0 Å². The number of anilines is 2. The van der Waals surface area contributed by atoms with E-state index in [-0.39, 0.29) is 21.6 Å². The Morgan fingerprint density at radius 3 is 2.70 bits per heavy atom. The third-order valence-corrected chi connectivity index (χ3v) is 6.69. The van der Waals surface area contributed by atoms with E-state index in [0.29, 0.717) is 28.0 Å². The summed E-state index contributed by atoms with van der Waals surface area (Å²) in [5.74, 6) is 0.675. The summed E-state index contributed by atoms with van der Waals surface area (Å²) in [4.78, 5) is 24.3. The summed E-state index contributed by atoms with van der Waals surface area (Å²) in [6.07, 6.45) is 3.06. The maximum Gasteiger partial charge on any atom is 0.261 e. The van der Waals surface area contributed by atoms with Crippen LogP contribution in [0.3, 0.4) is 0 Å². The van der Waals surface area contributed by atoms with Crippen molar-refractivity contribution in [2.24, 2.45) is 0 Å². The maximum atomic E-state index is 12.6. The average molecular weight is 463 g/mol. The van der Waals surface area contributed by atoms with Gasteiger partial charge in [0, 0.05) is 18.7 Å². The molecule has 1 aliphatic heterocycles. The van der Waals surface area contributed by atoms with Crippen LogP contribution in [0.5, 0.6) is 0 Å². The number of rotatable bonds is 5. The second-order valence-electron chi connectivity index (χ2n) is 6.23. The molecule has 3 heterocycles. The van der Waals surface area contributed by atoms with Crippen LogP contribution >= 0.6 is 23.4 Å². The van der Waals surface area contributed by atoms with Crippen LogP contribution in [0.1, 0.15) is 6.92 Å². The van der Waals surface area contributed by atoms with Gasteiger partial charge in [0.05, 0.1) is 22.7 Å². The minimum atomic E-state index is -3.83. The molecule has 12 heteroatoms. The van der Waals surface area contributed by atoms with Crippen molar-refractivity contribution in [3.63, 3.8) is 0 Å². The monoisotopic (exact) mass is 462 g/mol. The van der Waals surface area contributed by atoms with Crippen LogP contribution in [0, 0.1) is 0 Å². The van der Waals surface area contributed by atoms with Gasteiger partial charge in [-0.05, 0) is 18.2 Å². The summed E-state index contributed by atoms with van der Waals surface area (Å²) < 4.78 is 27.7. The van der Waals surface area contributed by atoms with E-state index in [1.54, 1.807) is 29.4 Å². The summed E-state index contributed by atoms with van der Waals surface area (Å²) in [7, 11) is -3.83. The van der Waals surface area contributed by atoms with E-state index >= 15 is 0 Å². The van der Waals surface area contributed by atoms with Crippen LogP contribution in [0.25, 0.3) is 11.4 Å². The highest BCUT2D eigenvalue weighted by molar-refractivity contribution is 7.99. The van der Waals surface area contributed by atoms with E-state index < -0.39 is 10.0 Å². The second-order valence-corrected chi connectivity index (χ2v) is 9.21. The number of pyridine rings is 1. The molecule has 0 fully saturated rings. The van der Waals surface area contributed by atoms with Crippen molar-refractivity contribution in [2.75, 3.05) is 15.6 Å². The summed E-state index contributed by atoms with van der Waals surface area (Å²) in [6, 6.07) is 9.48. The van der Waals surface area contributed by atoms with Crippen molar-refractivity contribution < 1.29 is 13.2 Å². The maximum absolute atomic E-state index is 12.6. The fraction of sp³-hybridized carbons (Fsp3) is 0.111. The normalized spacial score (nSPS) is 13.1. The lowest BCUT2D eigenvalue weighted by Gasteiger charge is -2.17. The number of fused-ring (bicyclic) bond motifs is 1. The Balaban J connectivity index is 1.64. The summed E-state index contributed by atoms with van der Waals surface area (Å²) in [5.41, 5.74) is 4.00. The molecule has 0 atom stereocenters. The van der Waals surface area contributed by atoms with E-state index in [1.165, 1.54) is 43.1 Å². The number of halogens is 1. The van der Waals surface area contributed by atoms with Crippen molar-refractivity contribution in [3.8, 4) is 11.4 Å². The topological polar surface area (TPSA) is 117 Å². The molecule has 0 spiro atoms. The predicted molar refractivity (Wildman–Crippen MR) is 115 cm³/mol. The van der Waals surface area contributed by atoms with Gasteiger partial charge in [0.25, 0.3) is 10.0 Å². The van der Waals surface area contributed by atoms with E-state index in [1.807, 2.05) is 0 Å². The lowest BCUT2D eigenvalue weighted by atomic mass is 10.2. The zero-order valence-corrected chi connectivity index (χ0v) is 17.9. The Morgan fingerprint density at radius 2 is 1.97 bits per heavy atom. The quantitative estimate of drug-likeness (QED) is 0.439. The lowest BCUT2D eigenvalue weighted by Crippen LogP contribution is -2.39. The van der Waals surface area contributed by atoms with Gasteiger partial charge in [-0.1, -0.05) is 41.6 Å². The minimum Gasteiger partial charge on any atom is -0.276 e. The molecule has 0 aliphatic carbocycles. The molecule has 1 aliphatic rings. The van der Waals surface area contributed by atoms with Gasteiger partial charge in [-0.2, -0.15) is 0 Å². The van der Waals surface area contributed by atoms with Crippen LogP contribution in [0.2, 0.25) is 5.15 Å². The number of carbonyl (C=O) groups excluding carboxylic acids is 1. The van der Waals surface area contributed by atoms with Crippen molar-refractivity contribution >= 4 is 50.7 Å². The number of nitrogens with zero attached hydrogens (tertiary/aromatic N) is 4. The highest BCUT2D eigenvalue weighted by Crippen LogP contribution is 2.36. The molecular weight excluding hydrogens is 448 g/mol. The van der Waals surface area contributed by atoms with Gasteiger partial charge in [0.2, 0.25) is 5.91 Å². The summed E-state index contributed by atoms with van der Waals surface area (Å²) in [6.45, 7) is 1.43. The largest absolute Gasteiger partial charge is 0.276 e. The number of nitrogens with one attached hydrogen (secondary N) is 2. The Bertz CT molecular complexity index is 1220. The van der Waals surface area contributed by atoms with Crippen LogP contribution in [0.4, 0.5) is 11.4 Å². The molecule has 0 unspecified atom stereocenters. The number of thioether (sulfide) groups is 1. The third-order valence-electron chi connectivity index (χ3n) is 4.04. The zero-order chi connectivity index (χ0) is 21.3. The second kappa shape index (κ2) is 8.09.